The fourth-order valence-corrected chi connectivity index (χ4v) is 2.61. The van der Waals surface area contributed by atoms with E-state index in [-0.39, 0.29) is 6.54 Å². The first-order valence-corrected chi connectivity index (χ1v) is 8.32. The van der Waals surface area contributed by atoms with E-state index in [4.69, 9.17) is 14.0 Å². The normalized spacial score (nSPS) is 23.2. The van der Waals surface area contributed by atoms with Crippen LogP contribution in [0, 0.1) is 11.3 Å². The van der Waals surface area contributed by atoms with Crippen LogP contribution in [-0.4, -0.2) is 48.0 Å². The van der Waals surface area contributed by atoms with E-state index in [1.165, 1.54) is 0 Å². The number of carbonyl (C=O) groups excluding carboxylic acids is 1. The van der Waals surface area contributed by atoms with E-state index < -0.39 is 30.0 Å². The summed E-state index contributed by atoms with van der Waals surface area (Å²) in [5.74, 6) is 0. The zero-order valence-corrected chi connectivity index (χ0v) is 15.7. The number of rotatable bonds is 1. The van der Waals surface area contributed by atoms with Crippen LogP contribution >= 0.6 is 0 Å². The van der Waals surface area contributed by atoms with Crippen molar-refractivity contribution in [3.63, 3.8) is 0 Å². The van der Waals surface area contributed by atoms with Crippen LogP contribution in [0.5, 0.6) is 0 Å². The Morgan fingerprint density at radius 2 is 1.79 bits per heavy atom. The van der Waals surface area contributed by atoms with E-state index in [9.17, 15) is 10.1 Å². The van der Waals surface area contributed by atoms with Crippen LogP contribution in [0.15, 0.2) is 11.0 Å². The minimum atomic E-state index is -0.556. The fraction of sp³-hybridized carbons (Fsp3) is 0.765. The minimum Gasteiger partial charge on any atom is -0.444 e. The highest BCUT2D eigenvalue weighted by Crippen LogP contribution is 2.40. The molecule has 1 fully saturated rings. The van der Waals surface area contributed by atoms with Crippen LogP contribution in [0.25, 0.3) is 0 Å². The molecule has 1 saturated heterocycles. The highest BCUT2D eigenvalue weighted by molar-refractivity contribution is 6.55. The Bertz CT molecular complexity index is 583. The van der Waals surface area contributed by atoms with Crippen LogP contribution in [0.2, 0.25) is 0 Å². The standard InChI is InChI=1S/C17H27BN2O4/c1-15(2,3)22-14(21)20-9-8-13(12(10-19)11-20)18-23-16(4,5)17(6,7)24-18/h8-9,11H2,1-7H3. The van der Waals surface area contributed by atoms with Gasteiger partial charge in [0.15, 0.2) is 0 Å². The number of amides is 1. The van der Waals surface area contributed by atoms with Crippen molar-refractivity contribution in [1.29, 1.82) is 5.26 Å². The Morgan fingerprint density at radius 1 is 1.25 bits per heavy atom. The maximum absolute atomic E-state index is 12.2. The molecular formula is C17H27BN2O4. The Labute approximate surface area is 144 Å². The van der Waals surface area contributed by atoms with Gasteiger partial charge in [-0.05, 0) is 60.4 Å². The van der Waals surface area contributed by atoms with E-state index in [0.717, 1.165) is 5.47 Å². The van der Waals surface area contributed by atoms with Crippen molar-refractivity contribution in [2.45, 2.75) is 71.7 Å². The number of hydrogen-bond donors (Lipinski definition) is 0. The molecule has 1 amide bonds. The van der Waals surface area contributed by atoms with E-state index in [1.807, 2.05) is 48.5 Å². The molecule has 2 aliphatic rings. The largest absolute Gasteiger partial charge is 0.491 e. The molecule has 0 aliphatic carbocycles. The summed E-state index contributed by atoms with van der Waals surface area (Å²) < 4.78 is 17.5. The van der Waals surface area contributed by atoms with Gasteiger partial charge in [-0.1, -0.05) is 0 Å². The summed E-state index contributed by atoms with van der Waals surface area (Å²) in [5, 5.41) is 9.52. The number of carbonyl (C=O) groups is 1. The molecule has 0 saturated carbocycles. The molecule has 24 heavy (non-hydrogen) atoms. The topological polar surface area (TPSA) is 71.8 Å². The summed E-state index contributed by atoms with van der Waals surface area (Å²) in [6.45, 7) is 14.1. The summed E-state index contributed by atoms with van der Waals surface area (Å²) in [5.41, 5.74) is -0.109. The van der Waals surface area contributed by atoms with Gasteiger partial charge in [0.05, 0.1) is 23.8 Å². The molecule has 0 aromatic rings. The lowest BCUT2D eigenvalue weighted by Crippen LogP contribution is -2.42. The molecule has 0 atom stereocenters. The highest BCUT2D eigenvalue weighted by Gasteiger charge is 2.53. The Hall–Kier alpha value is -1.52. The highest BCUT2D eigenvalue weighted by atomic mass is 16.7. The van der Waals surface area contributed by atoms with Gasteiger partial charge in [0, 0.05) is 12.1 Å². The van der Waals surface area contributed by atoms with Gasteiger partial charge in [0.2, 0.25) is 0 Å². The van der Waals surface area contributed by atoms with Gasteiger partial charge in [-0.25, -0.2) is 4.79 Å². The monoisotopic (exact) mass is 334 g/mol. The zero-order chi connectivity index (χ0) is 18.3. The molecule has 0 unspecified atom stereocenters. The van der Waals surface area contributed by atoms with Gasteiger partial charge in [-0.3, -0.25) is 0 Å². The second-order valence-corrected chi connectivity index (χ2v) is 8.36. The molecule has 2 aliphatic heterocycles. The molecule has 6 nitrogen and oxygen atoms in total. The van der Waals surface area contributed by atoms with Crippen molar-refractivity contribution >= 4 is 13.2 Å². The lowest BCUT2D eigenvalue weighted by atomic mass is 9.72. The second-order valence-electron chi connectivity index (χ2n) is 8.36. The quantitative estimate of drug-likeness (QED) is 0.689. The van der Waals surface area contributed by atoms with Gasteiger partial charge < -0.3 is 18.9 Å². The summed E-state index contributed by atoms with van der Waals surface area (Å²) in [6, 6.07) is 2.20. The van der Waals surface area contributed by atoms with Gasteiger partial charge >= 0.3 is 13.2 Å². The fourth-order valence-electron chi connectivity index (χ4n) is 2.61. The zero-order valence-electron chi connectivity index (χ0n) is 15.7. The van der Waals surface area contributed by atoms with E-state index in [2.05, 4.69) is 6.07 Å². The number of nitriles is 1. The molecule has 2 heterocycles. The number of hydrogen-bond acceptors (Lipinski definition) is 5. The smallest absolute Gasteiger partial charge is 0.444 e. The van der Waals surface area contributed by atoms with Crippen molar-refractivity contribution in [2.75, 3.05) is 13.1 Å². The minimum absolute atomic E-state index is 0.227. The second kappa shape index (κ2) is 6.09. The number of nitrogens with zero attached hydrogens (tertiary/aromatic N) is 2. The van der Waals surface area contributed by atoms with Crippen LogP contribution in [0.4, 0.5) is 4.79 Å². The average Bonchev–Trinajstić information content (AvgIpc) is 2.64. The van der Waals surface area contributed by atoms with E-state index >= 15 is 0 Å². The predicted octanol–water partition coefficient (Wildman–Crippen LogP) is 3.08. The summed E-state index contributed by atoms with van der Waals surface area (Å²) in [7, 11) is -0.537. The van der Waals surface area contributed by atoms with Crippen LogP contribution in [0.1, 0.15) is 54.9 Å². The molecule has 2 rings (SSSR count). The third-order valence-electron chi connectivity index (χ3n) is 4.71. The molecule has 0 spiro atoms. The average molecular weight is 334 g/mol. The SMILES string of the molecule is CC(C)(C)OC(=O)N1CCC(B2OC(C)(C)C(C)(C)O2)=C(C#N)C1. The van der Waals surface area contributed by atoms with Crippen LogP contribution < -0.4 is 0 Å². The van der Waals surface area contributed by atoms with Crippen molar-refractivity contribution in [2.24, 2.45) is 0 Å². The molecule has 0 bridgehead atoms. The first-order valence-electron chi connectivity index (χ1n) is 8.32. The third-order valence-corrected chi connectivity index (χ3v) is 4.71. The molecule has 0 radical (unpaired) electrons. The summed E-state index contributed by atoms with van der Waals surface area (Å²) >= 11 is 0. The molecule has 0 aromatic heterocycles. The van der Waals surface area contributed by atoms with E-state index in [1.54, 1.807) is 4.90 Å². The first-order chi connectivity index (χ1) is 10.9. The maximum Gasteiger partial charge on any atom is 0.491 e. The maximum atomic E-state index is 12.2. The van der Waals surface area contributed by atoms with Crippen LogP contribution in [-0.2, 0) is 14.0 Å². The van der Waals surface area contributed by atoms with Gasteiger partial charge in [-0.2, -0.15) is 5.26 Å². The lowest BCUT2D eigenvalue weighted by Gasteiger charge is -2.32. The Balaban J connectivity index is 2.16. The lowest BCUT2D eigenvalue weighted by molar-refractivity contribution is 0.00578. The first kappa shape index (κ1) is 18.8. The van der Waals surface area contributed by atoms with Crippen molar-refractivity contribution < 1.29 is 18.8 Å². The van der Waals surface area contributed by atoms with Crippen LogP contribution in [0.3, 0.4) is 0 Å². The molecule has 0 aromatic carbocycles. The Kier molecular flexibility index (Phi) is 4.77. The Morgan fingerprint density at radius 3 is 2.25 bits per heavy atom. The van der Waals surface area contributed by atoms with Gasteiger partial charge in [-0.15, -0.1) is 0 Å². The van der Waals surface area contributed by atoms with E-state index in [0.29, 0.717) is 18.5 Å². The predicted molar refractivity (Wildman–Crippen MR) is 91.1 cm³/mol. The molecular weight excluding hydrogens is 307 g/mol. The summed E-state index contributed by atoms with van der Waals surface area (Å²) in [6.07, 6.45) is 0.141. The van der Waals surface area contributed by atoms with Crippen molar-refractivity contribution in [3.05, 3.63) is 11.0 Å². The molecule has 7 heteroatoms. The molecule has 0 N–H and O–H groups in total. The van der Waals surface area contributed by atoms with Crippen molar-refractivity contribution in [1.82, 2.24) is 4.90 Å². The number of ether oxygens (including phenoxy) is 1. The summed E-state index contributed by atoms with van der Waals surface area (Å²) in [4.78, 5) is 13.8. The van der Waals surface area contributed by atoms with Crippen molar-refractivity contribution in [3.8, 4) is 6.07 Å². The van der Waals surface area contributed by atoms with Gasteiger partial charge in [0.1, 0.15) is 5.60 Å². The third kappa shape index (κ3) is 3.76. The van der Waals surface area contributed by atoms with Gasteiger partial charge in [0.25, 0.3) is 0 Å². The molecule has 132 valence electrons.